The van der Waals surface area contributed by atoms with Gasteiger partial charge in [0.2, 0.25) is 15.8 Å². The van der Waals surface area contributed by atoms with Crippen molar-refractivity contribution >= 4 is 16.0 Å². The number of rotatable bonds is 4. The highest BCUT2D eigenvalue weighted by molar-refractivity contribution is 7.89. The largest absolute Gasteiger partial charge is 0.475 e. The van der Waals surface area contributed by atoms with Gasteiger partial charge in [0.25, 0.3) is 0 Å². The Bertz CT molecular complexity index is 838. The summed E-state index contributed by atoms with van der Waals surface area (Å²) in [4.78, 5) is 11.1. The third kappa shape index (κ3) is 3.09. The standard InChI is InChI=1S/C17H19NO5S/c1-12-4-2-3-11-18(12)24(21,22)14-7-5-13(6-8-14)15-9-10-16(23-15)17(19)20/h5-10,12H,2-4,11H2,1H3,(H,19,20)/t12-/m1/s1. The zero-order valence-corrected chi connectivity index (χ0v) is 14.1. The monoisotopic (exact) mass is 349 g/mol. The molecule has 1 fully saturated rings. The lowest BCUT2D eigenvalue weighted by molar-refractivity contribution is 0.0663. The number of nitrogens with zero attached hydrogens (tertiary/aromatic N) is 1. The molecule has 1 aliphatic heterocycles. The molecule has 6 nitrogen and oxygen atoms in total. The normalized spacial score (nSPS) is 19.3. The van der Waals surface area contributed by atoms with Crippen LogP contribution in [0.5, 0.6) is 0 Å². The highest BCUT2D eigenvalue weighted by Crippen LogP contribution is 2.28. The van der Waals surface area contributed by atoms with Gasteiger partial charge < -0.3 is 9.52 Å². The Kier molecular flexibility index (Phi) is 4.47. The average molecular weight is 349 g/mol. The fourth-order valence-corrected chi connectivity index (χ4v) is 4.66. The van der Waals surface area contributed by atoms with Gasteiger partial charge in [-0.3, -0.25) is 0 Å². The van der Waals surface area contributed by atoms with E-state index in [-0.39, 0.29) is 16.7 Å². The lowest BCUT2D eigenvalue weighted by atomic mass is 10.1. The molecule has 1 aliphatic rings. The molecule has 0 radical (unpaired) electrons. The highest BCUT2D eigenvalue weighted by Gasteiger charge is 2.30. The zero-order chi connectivity index (χ0) is 17.3. The van der Waals surface area contributed by atoms with Gasteiger partial charge in [0.05, 0.1) is 4.90 Å². The molecule has 3 rings (SSSR count). The first kappa shape index (κ1) is 16.7. The molecule has 7 heteroatoms. The summed E-state index contributed by atoms with van der Waals surface area (Å²) in [6, 6.07) is 9.27. The van der Waals surface area contributed by atoms with E-state index in [2.05, 4.69) is 0 Å². The van der Waals surface area contributed by atoms with Gasteiger partial charge in [0.1, 0.15) is 5.76 Å². The molecule has 2 aromatic rings. The first-order valence-corrected chi connectivity index (χ1v) is 9.29. The summed E-state index contributed by atoms with van der Waals surface area (Å²) < 4.78 is 32.3. The maximum atomic E-state index is 12.8. The van der Waals surface area contributed by atoms with Crippen molar-refractivity contribution in [3.8, 4) is 11.3 Å². The van der Waals surface area contributed by atoms with Crippen LogP contribution in [-0.2, 0) is 10.0 Å². The number of furan rings is 1. The van der Waals surface area contributed by atoms with E-state index in [0.29, 0.717) is 17.9 Å². The van der Waals surface area contributed by atoms with Crippen molar-refractivity contribution in [2.45, 2.75) is 37.1 Å². The Morgan fingerprint density at radius 2 is 1.88 bits per heavy atom. The second kappa shape index (κ2) is 6.41. The summed E-state index contributed by atoms with van der Waals surface area (Å²) in [6.45, 7) is 2.48. The Morgan fingerprint density at radius 3 is 2.46 bits per heavy atom. The molecule has 128 valence electrons. The molecule has 1 aromatic carbocycles. The van der Waals surface area contributed by atoms with Crippen molar-refractivity contribution in [2.75, 3.05) is 6.54 Å². The molecule has 24 heavy (non-hydrogen) atoms. The van der Waals surface area contributed by atoms with Crippen LogP contribution in [0.25, 0.3) is 11.3 Å². The van der Waals surface area contributed by atoms with Crippen molar-refractivity contribution < 1.29 is 22.7 Å². The molecule has 2 heterocycles. The SMILES string of the molecule is C[C@@H]1CCCCN1S(=O)(=O)c1ccc(-c2ccc(C(=O)O)o2)cc1. The summed E-state index contributed by atoms with van der Waals surface area (Å²) in [5.41, 5.74) is 0.633. The van der Waals surface area contributed by atoms with E-state index in [1.54, 1.807) is 22.5 Å². The van der Waals surface area contributed by atoms with Crippen molar-refractivity contribution in [2.24, 2.45) is 0 Å². The topological polar surface area (TPSA) is 87.8 Å². The average Bonchev–Trinajstić information content (AvgIpc) is 3.05. The van der Waals surface area contributed by atoms with E-state index in [1.807, 2.05) is 6.92 Å². The van der Waals surface area contributed by atoms with Gasteiger partial charge in [-0.1, -0.05) is 6.42 Å². The molecule has 0 saturated carbocycles. The minimum absolute atomic E-state index is 0.00613. The van der Waals surface area contributed by atoms with Crippen LogP contribution in [0, 0.1) is 0 Å². The maximum Gasteiger partial charge on any atom is 0.371 e. The third-order valence-electron chi connectivity index (χ3n) is 4.30. The summed E-state index contributed by atoms with van der Waals surface area (Å²) >= 11 is 0. The summed E-state index contributed by atoms with van der Waals surface area (Å²) in [7, 11) is -3.51. The molecule has 1 atom stereocenters. The van der Waals surface area contributed by atoms with Crippen LogP contribution in [-0.4, -0.2) is 36.4 Å². The van der Waals surface area contributed by atoms with Crippen LogP contribution < -0.4 is 0 Å². The number of benzene rings is 1. The Hall–Kier alpha value is -2.12. The molecule has 0 aliphatic carbocycles. The lowest BCUT2D eigenvalue weighted by Gasteiger charge is -2.32. The zero-order valence-electron chi connectivity index (χ0n) is 13.3. The van der Waals surface area contributed by atoms with Gasteiger partial charge >= 0.3 is 5.97 Å². The summed E-state index contributed by atoms with van der Waals surface area (Å²) in [5.74, 6) is -0.897. The minimum atomic E-state index is -3.51. The predicted octanol–water partition coefficient (Wildman–Crippen LogP) is 3.21. The van der Waals surface area contributed by atoms with Gasteiger partial charge in [0.15, 0.2) is 0 Å². The quantitative estimate of drug-likeness (QED) is 0.916. The second-order valence-corrected chi connectivity index (χ2v) is 7.84. The van der Waals surface area contributed by atoms with Crippen LogP contribution in [0.3, 0.4) is 0 Å². The number of carboxylic acids is 1. The number of hydrogen-bond donors (Lipinski definition) is 1. The highest BCUT2D eigenvalue weighted by atomic mass is 32.2. The number of carboxylic acid groups (broad SMARTS) is 1. The van der Waals surface area contributed by atoms with Crippen LogP contribution in [0.1, 0.15) is 36.7 Å². The molecule has 1 saturated heterocycles. The number of hydrogen-bond acceptors (Lipinski definition) is 4. The molecular formula is C17H19NO5S. The molecule has 1 N–H and O–H groups in total. The number of carbonyl (C=O) groups is 1. The lowest BCUT2D eigenvalue weighted by Crippen LogP contribution is -2.41. The van der Waals surface area contributed by atoms with Gasteiger partial charge in [-0.05, 0) is 56.2 Å². The van der Waals surface area contributed by atoms with E-state index < -0.39 is 16.0 Å². The van der Waals surface area contributed by atoms with Gasteiger partial charge in [-0.15, -0.1) is 0 Å². The van der Waals surface area contributed by atoms with E-state index in [0.717, 1.165) is 19.3 Å². The Morgan fingerprint density at radius 1 is 1.17 bits per heavy atom. The van der Waals surface area contributed by atoms with Crippen molar-refractivity contribution in [3.05, 3.63) is 42.2 Å². The van der Waals surface area contributed by atoms with Crippen LogP contribution in [0.4, 0.5) is 0 Å². The molecule has 0 bridgehead atoms. The van der Waals surface area contributed by atoms with Crippen molar-refractivity contribution in [1.82, 2.24) is 4.31 Å². The van der Waals surface area contributed by atoms with E-state index in [9.17, 15) is 13.2 Å². The van der Waals surface area contributed by atoms with E-state index >= 15 is 0 Å². The van der Waals surface area contributed by atoms with Gasteiger partial charge in [0, 0.05) is 18.2 Å². The smallest absolute Gasteiger partial charge is 0.371 e. The van der Waals surface area contributed by atoms with Crippen molar-refractivity contribution in [3.63, 3.8) is 0 Å². The van der Waals surface area contributed by atoms with Gasteiger partial charge in [-0.2, -0.15) is 4.31 Å². The third-order valence-corrected chi connectivity index (χ3v) is 6.33. The Balaban J connectivity index is 1.86. The minimum Gasteiger partial charge on any atom is -0.475 e. The number of piperidine rings is 1. The Labute approximate surface area is 140 Å². The first-order valence-electron chi connectivity index (χ1n) is 7.85. The fourth-order valence-electron chi connectivity index (χ4n) is 2.96. The summed E-state index contributed by atoms with van der Waals surface area (Å²) in [5, 5.41) is 8.89. The molecular weight excluding hydrogens is 330 g/mol. The van der Waals surface area contributed by atoms with Crippen LogP contribution >= 0.6 is 0 Å². The summed E-state index contributed by atoms with van der Waals surface area (Å²) in [6.07, 6.45) is 2.81. The number of sulfonamides is 1. The van der Waals surface area contributed by atoms with E-state index in [1.165, 1.54) is 18.2 Å². The predicted molar refractivity (Wildman–Crippen MR) is 88.3 cm³/mol. The maximum absolute atomic E-state index is 12.8. The molecule has 0 unspecified atom stereocenters. The fraction of sp³-hybridized carbons (Fsp3) is 0.353. The van der Waals surface area contributed by atoms with Crippen LogP contribution in [0.2, 0.25) is 0 Å². The van der Waals surface area contributed by atoms with Gasteiger partial charge in [-0.25, -0.2) is 13.2 Å². The first-order chi connectivity index (χ1) is 11.4. The van der Waals surface area contributed by atoms with E-state index in [4.69, 9.17) is 9.52 Å². The molecule has 0 amide bonds. The van der Waals surface area contributed by atoms with Crippen LogP contribution in [0.15, 0.2) is 45.7 Å². The molecule has 0 spiro atoms. The molecule has 1 aromatic heterocycles. The van der Waals surface area contributed by atoms with Crippen molar-refractivity contribution in [1.29, 1.82) is 0 Å². The number of aromatic carboxylic acids is 1. The second-order valence-electron chi connectivity index (χ2n) is 5.95.